The molecule has 75 valence electrons. The van der Waals surface area contributed by atoms with Crippen LogP contribution in [0.3, 0.4) is 0 Å². The van der Waals surface area contributed by atoms with Gasteiger partial charge in [0.05, 0.1) is 0 Å². The molecule has 0 atom stereocenters. The second-order valence-corrected chi connectivity index (χ2v) is 4.74. The van der Waals surface area contributed by atoms with Crippen molar-refractivity contribution < 1.29 is 17.4 Å². The third-order valence-electron chi connectivity index (χ3n) is 2.28. The van der Waals surface area contributed by atoms with Crippen molar-refractivity contribution in [1.82, 2.24) is 0 Å². The number of benzene rings is 1. The Bertz CT molecular complexity index is 463. The van der Waals surface area contributed by atoms with Gasteiger partial charge in [0.25, 0.3) is 0 Å². The zero-order valence-electron chi connectivity index (χ0n) is 7.23. The Balaban J connectivity index is 2.57. The van der Waals surface area contributed by atoms with Crippen LogP contribution in [-0.2, 0) is 14.7 Å². The summed E-state index contributed by atoms with van der Waals surface area (Å²) in [5.41, 5.74) is 0.349. The van der Waals surface area contributed by atoms with Gasteiger partial charge < -0.3 is 0 Å². The molecule has 0 heterocycles. The van der Waals surface area contributed by atoms with E-state index in [9.17, 15) is 17.4 Å². The summed E-state index contributed by atoms with van der Waals surface area (Å²) in [5.74, 6) is -0.776. The van der Waals surface area contributed by atoms with Gasteiger partial charge in [-0.25, -0.2) is 4.39 Å². The molecule has 1 aliphatic rings. The maximum absolute atomic E-state index is 13.5. The summed E-state index contributed by atoms with van der Waals surface area (Å²) in [5, 5.41) is 0. The lowest BCUT2D eigenvalue weighted by Crippen LogP contribution is -2.02. The molecule has 1 radical (unpaired) electrons. The first kappa shape index (κ1) is 9.61. The lowest BCUT2D eigenvalue weighted by atomic mass is 10.1. The van der Waals surface area contributed by atoms with Gasteiger partial charge in [-0.05, 0) is 30.4 Å². The first-order valence-electron chi connectivity index (χ1n) is 4.24. The van der Waals surface area contributed by atoms with E-state index in [1.807, 2.05) is 0 Å². The highest BCUT2D eigenvalue weighted by Gasteiger charge is 2.29. The summed E-state index contributed by atoms with van der Waals surface area (Å²) >= 11 is 0. The molecule has 0 bridgehead atoms. The molecule has 2 rings (SSSR count). The molecule has 0 aliphatic heterocycles. The van der Waals surface area contributed by atoms with E-state index in [1.54, 1.807) is 0 Å². The number of hydrogen-bond donors (Lipinski definition) is 0. The Morgan fingerprint density at radius 3 is 2.43 bits per heavy atom. The summed E-state index contributed by atoms with van der Waals surface area (Å²) < 4.78 is 45.4. The molecule has 5 heteroatoms. The number of halogens is 1. The first-order chi connectivity index (χ1) is 6.50. The molecule has 0 unspecified atom stereocenters. The third kappa shape index (κ3) is 1.65. The predicted molar refractivity (Wildman–Crippen MR) is 46.2 cm³/mol. The number of hydrogen-bond acceptors (Lipinski definition) is 2. The van der Waals surface area contributed by atoms with Crippen molar-refractivity contribution >= 4 is 10.1 Å². The SMILES string of the molecule is [O]S(=O)(=O)c1cccc(C2CC2)c1F. The van der Waals surface area contributed by atoms with Crippen molar-refractivity contribution in [3.8, 4) is 0 Å². The molecule has 1 aromatic carbocycles. The molecule has 0 aromatic heterocycles. The van der Waals surface area contributed by atoms with Gasteiger partial charge in [-0.1, -0.05) is 16.7 Å². The average molecular weight is 215 g/mol. The van der Waals surface area contributed by atoms with Crippen LogP contribution in [0.25, 0.3) is 0 Å². The van der Waals surface area contributed by atoms with E-state index in [4.69, 9.17) is 0 Å². The smallest absolute Gasteiger partial charge is 0.205 e. The molecule has 1 saturated carbocycles. The highest BCUT2D eigenvalue weighted by molar-refractivity contribution is 7.85. The van der Waals surface area contributed by atoms with Crippen molar-refractivity contribution in [2.45, 2.75) is 23.7 Å². The van der Waals surface area contributed by atoms with E-state index in [1.165, 1.54) is 12.1 Å². The van der Waals surface area contributed by atoms with Gasteiger partial charge in [0, 0.05) is 0 Å². The van der Waals surface area contributed by atoms with Gasteiger partial charge >= 0.3 is 10.1 Å². The molecule has 3 nitrogen and oxygen atoms in total. The van der Waals surface area contributed by atoms with Gasteiger partial charge in [-0.3, -0.25) is 0 Å². The van der Waals surface area contributed by atoms with Crippen molar-refractivity contribution in [1.29, 1.82) is 0 Å². The number of rotatable bonds is 2. The lowest BCUT2D eigenvalue weighted by Gasteiger charge is -2.03. The Morgan fingerprint density at radius 1 is 1.29 bits per heavy atom. The Labute approximate surface area is 81.3 Å². The van der Waals surface area contributed by atoms with E-state index < -0.39 is 20.8 Å². The second-order valence-electron chi connectivity index (χ2n) is 3.39. The highest BCUT2D eigenvalue weighted by Crippen LogP contribution is 2.42. The van der Waals surface area contributed by atoms with Crippen molar-refractivity contribution in [2.75, 3.05) is 0 Å². The van der Waals surface area contributed by atoms with Gasteiger partial charge in [0.1, 0.15) is 10.7 Å². The highest BCUT2D eigenvalue weighted by atomic mass is 32.2. The molecule has 1 aliphatic carbocycles. The van der Waals surface area contributed by atoms with Crippen molar-refractivity contribution in [3.05, 3.63) is 29.6 Å². The Morgan fingerprint density at radius 2 is 1.93 bits per heavy atom. The van der Waals surface area contributed by atoms with Gasteiger partial charge in [-0.2, -0.15) is 8.42 Å². The molecule has 0 saturated heterocycles. The van der Waals surface area contributed by atoms with Crippen LogP contribution >= 0.6 is 0 Å². The normalized spacial score (nSPS) is 17.0. The topological polar surface area (TPSA) is 54.0 Å². The molecule has 0 spiro atoms. The van der Waals surface area contributed by atoms with E-state index in [-0.39, 0.29) is 5.92 Å². The fourth-order valence-electron chi connectivity index (χ4n) is 1.43. The van der Waals surface area contributed by atoms with Crippen LogP contribution < -0.4 is 0 Å². The van der Waals surface area contributed by atoms with Gasteiger partial charge in [0.2, 0.25) is 0 Å². The standard InChI is InChI=1S/C9H8FO3S/c10-9-7(6-4-5-6)2-1-3-8(9)14(11,12)13/h1-3,6H,4-5H2. The fourth-order valence-corrected chi connectivity index (χ4v) is 2.01. The van der Waals surface area contributed by atoms with E-state index in [0.29, 0.717) is 5.56 Å². The van der Waals surface area contributed by atoms with Crippen LogP contribution in [0.1, 0.15) is 24.3 Å². The fraction of sp³-hybridized carbons (Fsp3) is 0.333. The third-order valence-corrected chi connectivity index (χ3v) is 3.13. The maximum Gasteiger partial charge on any atom is 0.327 e. The summed E-state index contributed by atoms with van der Waals surface area (Å²) in [7, 11) is -4.69. The van der Waals surface area contributed by atoms with Gasteiger partial charge in [-0.15, -0.1) is 0 Å². The van der Waals surface area contributed by atoms with Crippen LogP contribution in [-0.4, -0.2) is 8.42 Å². The molecular formula is C9H8FO3S. The quantitative estimate of drug-likeness (QED) is 0.755. The summed E-state index contributed by atoms with van der Waals surface area (Å²) in [4.78, 5) is -0.734. The minimum Gasteiger partial charge on any atom is -0.205 e. The Kier molecular flexibility index (Phi) is 2.08. The van der Waals surface area contributed by atoms with Crippen LogP contribution in [0.2, 0.25) is 0 Å². The molecule has 14 heavy (non-hydrogen) atoms. The first-order valence-corrected chi connectivity index (χ1v) is 5.65. The molecular weight excluding hydrogens is 207 g/mol. The van der Waals surface area contributed by atoms with Crippen LogP contribution in [0, 0.1) is 5.82 Å². The van der Waals surface area contributed by atoms with Crippen molar-refractivity contribution in [2.24, 2.45) is 0 Å². The predicted octanol–water partition coefficient (Wildman–Crippen LogP) is 1.82. The zero-order chi connectivity index (χ0) is 10.3. The minimum atomic E-state index is -4.69. The second kappa shape index (κ2) is 3.03. The summed E-state index contributed by atoms with van der Waals surface area (Å²) in [6, 6.07) is 3.94. The van der Waals surface area contributed by atoms with E-state index in [0.717, 1.165) is 18.9 Å². The minimum absolute atomic E-state index is 0.0942. The molecule has 1 aromatic rings. The van der Waals surface area contributed by atoms with Crippen LogP contribution in [0.15, 0.2) is 23.1 Å². The summed E-state index contributed by atoms with van der Waals surface area (Å²) in [6.07, 6.45) is 1.72. The monoisotopic (exact) mass is 215 g/mol. The molecule has 1 fully saturated rings. The lowest BCUT2D eigenvalue weighted by molar-refractivity contribution is 0.408. The summed E-state index contributed by atoms with van der Waals surface area (Å²) in [6.45, 7) is 0. The average Bonchev–Trinajstić information content (AvgIpc) is 2.85. The largest absolute Gasteiger partial charge is 0.327 e. The Hall–Kier alpha value is -0.940. The van der Waals surface area contributed by atoms with Crippen molar-refractivity contribution in [3.63, 3.8) is 0 Å². The molecule has 0 amide bonds. The maximum atomic E-state index is 13.5. The van der Waals surface area contributed by atoms with Crippen LogP contribution in [0.5, 0.6) is 0 Å². The molecule has 0 N–H and O–H groups in total. The van der Waals surface area contributed by atoms with Gasteiger partial charge in [0.15, 0.2) is 0 Å². The van der Waals surface area contributed by atoms with E-state index in [2.05, 4.69) is 0 Å². The zero-order valence-corrected chi connectivity index (χ0v) is 8.05. The van der Waals surface area contributed by atoms with Crippen LogP contribution in [0.4, 0.5) is 4.39 Å². The van der Waals surface area contributed by atoms with E-state index >= 15 is 0 Å².